The van der Waals surface area contributed by atoms with E-state index in [0.29, 0.717) is 0 Å². The maximum atomic E-state index is 2.52. The first-order chi connectivity index (χ1) is 26.0. The van der Waals surface area contributed by atoms with Gasteiger partial charge in [0.15, 0.2) is 0 Å². The van der Waals surface area contributed by atoms with Gasteiger partial charge in [-0.3, -0.25) is 0 Å². The van der Waals surface area contributed by atoms with Crippen molar-refractivity contribution < 1.29 is 0 Å². The fourth-order valence-electron chi connectivity index (χ4n) is 9.02. The lowest BCUT2D eigenvalue weighted by Gasteiger charge is -2.21. The molecule has 0 fully saturated rings. The van der Waals surface area contributed by atoms with E-state index in [1.165, 1.54) is 103 Å². The van der Waals surface area contributed by atoms with Gasteiger partial charge in [-0.15, -0.1) is 11.3 Å². The van der Waals surface area contributed by atoms with Gasteiger partial charge in [-0.2, -0.15) is 0 Å². The molecule has 0 saturated heterocycles. The normalized spacial score (nSPS) is 13.2. The van der Waals surface area contributed by atoms with Crippen LogP contribution in [0.2, 0.25) is 0 Å². The lowest BCUT2D eigenvalue weighted by Crippen LogP contribution is -2.14. The van der Waals surface area contributed by atoms with Crippen molar-refractivity contribution in [1.29, 1.82) is 0 Å². The average Bonchev–Trinajstić information content (AvgIpc) is 3.83. The number of aromatic nitrogens is 1. The largest absolute Gasteiger partial charge is 0.308 e. The summed E-state index contributed by atoms with van der Waals surface area (Å²) in [5, 5.41) is 5.13. The zero-order valence-corrected chi connectivity index (χ0v) is 30.4. The van der Waals surface area contributed by atoms with E-state index < -0.39 is 0 Å². The van der Waals surface area contributed by atoms with Crippen molar-refractivity contribution >= 4 is 53.3 Å². The Hall–Kier alpha value is -6.22. The van der Waals surface area contributed by atoms with Crippen molar-refractivity contribution in [3.63, 3.8) is 0 Å². The van der Waals surface area contributed by atoms with E-state index in [1.54, 1.807) is 0 Å². The average molecular weight is 694 g/mol. The second kappa shape index (κ2) is 11.4. The molecule has 250 valence electrons. The maximum absolute atomic E-state index is 2.52. The number of rotatable bonds is 4. The van der Waals surface area contributed by atoms with Crippen molar-refractivity contribution in [2.75, 3.05) is 0 Å². The predicted octanol–water partition coefficient (Wildman–Crippen LogP) is 14.5. The standard InChI is InChI=1S/C51H35NS/c1-51(2)43-20-10-9-17-42(43)49-37(18-11-21-44(49)51)36-25-28-40-41-19-12-22-45(50(41)53-48(40)31-36)52-46-29-34(32-13-5-3-6-14-32)23-26-38(46)39-27-24-35(30-47(39)52)33-15-7-4-8-16-33/h3-31H,1-2H3. The van der Waals surface area contributed by atoms with E-state index in [9.17, 15) is 0 Å². The van der Waals surface area contributed by atoms with Crippen LogP contribution in [0, 0.1) is 0 Å². The zero-order chi connectivity index (χ0) is 35.3. The van der Waals surface area contributed by atoms with Crippen LogP contribution in [0.1, 0.15) is 25.0 Å². The highest BCUT2D eigenvalue weighted by molar-refractivity contribution is 7.26. The maximum Gasteiger partial charge on any atom is 0.0640 e. The third-order valence-electron chi connectivity index (χ3n) is 11.6. The Balaban J connectivity index is 1.15. The molecule has 0 atom stereocenters. The molecule has 0 N–H and O–H groups in total. The minimum Gasteiger partial charge on any atom is -0.308 e. The smallest absolute Gasteiger partial charge is 0.0640 e. The molecule has 8 aromatic carbocycles. The molecule has 10 aromatic rings. The van der Waals surface area contributed by atoms with E-state index in [2.05, 4.69) is 194 Å². The van der Waals surface area contributed by atoms with Crippen LogP contribution < -0.4 is 0 Å². The lowest BCUT2D eigenvalue weighted by molar-refractivity contribution is 0.660. The Morgan fingerprint density at radius 2 is 0.981 bits per heavy atom. The summed E-state index contributed by atoms with van der Waals surface area (Å²) in [6, 6.07) is 65.2. The molecule has 0 amide bonds. The Morgan fingerprint density at radius 3 is 1.68 bits per heavy atom. The Bertz CT molecular complexity index is 2970. The Kier molecular flexibility index (Phi) is 6.53. The molecule has 0 unspecified atom stereocenters. The minimum atomic E-state index is -0.0262. The molecule has 0 spiro atoms. The second-order valence-electron chi connectivity index (χ2n) is 14.9. The number of benzene rings is 8. The first-order valence-electron chi connectivity index (χ1n) is 18.4. The molecule has 2 heterocycles. The molecular formula is C51H35NS. The van der Waals surface area contributed by atoms with Gasteiger partial charge in [0.25, 0.3) is 0 Å². The second-order valence-corrected chi connectivity index (χ2v) is 15.9. The highest BCUT2D eigenvalue weighted by Crippen LogP contribution is 2.52. The summed E-state index contributed by atoms with van der Waals surface area (Å²) in [6.07, 6.45) is 0. The van der Waals surface area contributed by atoms with Gasteiger partial charge in [0.05, 0.1) is 21.4 Å². The summed E-state index contributed by atoms with van der Waals surface area (Å²) in [6.45, 7) is 4.72. The first-order valence-corrected chi connectivity index (χ1v) is 19.2. The van der Waals surface area contributed by atoms with Crippen molar-refractivity contribution in [2.24, 2.45) is 0 Å². The molecule has 53 heavy (non-hydrogen) atoms. The van der Waals surface area contributed by atoms with Crippen LogP contribution in [-0.4, -0.2) is 4.57 Å². The quantitative estimate of drug-likeness (QED) is 0.173. The van der Waals surface area contributed by atoms with Crippen LogP contribution in [0.3, 0.4) is 0 Å². The molecule has 1 nitrogen and oxygen atoms in total. The van der Waals surface area contributed by atoms with Crippen LogP contribution in [0.4, 0.5) is 0 Å². The van der Waals surface area contributed by atoms with Gasteiger partial charge in [-0.05, 0) is 79.9 Å². The van der Waals surface area contributed by atoms with E-state index in [1.807, 2.05) is 11.3 Å². The van der Waals surface area contributed by atoms with Gasteiger partial charge in [-0.25, -0.2) is 0 Å². The molecule has 2 aromatic heterocycles. The van der Waals surface area contributed by atoms with Gasteiger partial charge in [0, 0.05) is 31.7 Å². The van der Waals surface area contributed by atoms with E-state index in [-0.39, 0.29) is 5.41 Å². The van der Waals surface area contributed by atoms with Gasteiger partial charge in [0.1, 0.15) is 0 Å². The lowest BCUT2D eigenvalue weighted by atomic mass is 9.82. The van der Waals surface area contributed by atoms with Gasteiger partial charge in [0.2, 0.25) is 0 Å². The number of hydrogen-bond donors (Lipinski definition) is 0. The van der Waals surface area contributed by atoms with Crippen molar-refractivity contribution in [3.8, 4) is 50.2 Å². The van der Waals surface area contributed by atoms with Crippen LogP contribution in [-0.2, 0) is 5.41 Å². The van der Waals surface area contributed by atoms with Crippen molar-refractivity contribution in [2.45, 2.75) is 19.3 Å². The zero-order valence-electron chi connectivity index (χ0n) is 29.6. The molecule has 11 rings (SSSR count). The molecular weight excluding hydrogens is 659 g/mol. The highest BCUT2D eigenvalue weighted by Gasteiger charge is 2.36. The van der Waals surface area contributed by atoms with Crippen molar-refractivity contribution in [1.82, 2.24) is 4.57 Å². The topological polar surface area (TPSA) is 4.93 Å². The predicted molar refractivity (Wildman–Crippen MR) is 228 cm³/mol. The first kappa shape index (κ1) is 30.4. The fourth-order valence-corrected chi connectivity index (χ4v) is 10.3. The Labute approximate surface area is 313 Å². The molecule has 2 heteroatoms. The van der Waals surface area contributed by atoms with E-state index in [0.717, 1.165) is 0 Å². The van der Waals surface area contributed by atoms with E-state index in [4.69, 9.17) is 0 Å². The summed E-state index contributed by atoms with van der Waals surface area (Å²) in [5.41, 5.74) is 16.7. The van der Waals surface area contributed by atoms with E-state index >= 15 is 0 Å². The highest BCUT2D eigenvalue weighted by atomic mass is 32.1. The van der Waals surface area contributed by atoms with Crippen molar-refractivity contribution in [3.05, 3.63) is 187 Å². The number of fused-ring (bicyclic) bond motifs is 9. The molecule has 1 aliphatic carbocycles. The third kappa shape index (κ3) is 4.49. The van der Waals surface area contributed by atoms with Crippen LogP contribution in [0.25, 0.3) is 92.2 Å². The van der Waals surface area contributed by atoms with Gasteiger partial charge in [-0.1, -0.05) is 166 Å². The Morgan fingerprint density at radius 1 is 0.415 bits per heavy atom. The molecule has 0 bridgehead atoms. The van der Waals surface area contributed by atoms with Gasteiger partial charge >= 0.3 is 0 Å². The van der Waals surface area contributed by atoms with Crippen LogP contribution in [0.5, 0.6) is 0 Å². The number of hydrogen-bond acceptors (Lipinski definition) is 1. The van der Waals surface area contributed by atoms with Gasteiger partial charge < -0.3 is 4.57 Å². The molecule has 0 saturated carbocycles. The summed E-state index contributed by atoms with van der Waals surface area (Å²) in [7, 11) is 0. The molecule has 1 aliphatic rings. The SMILES string of the molecule is CC1(C)c2ccccc2-c2c(-c3ccc4c(c3)sc3c(-n5c6cc(-c7ccccc7)ccc6c6ccc(-c7ccccc7)cc65)cccc34)cccc21. The summed E-state index contributed by atoms with van der Waals surface area (Å²) in [4.78, 5) is 0. The summed E-state index contributed by atoms with van der Waals surface area (Å²) < 4.78 is 5.13. The summed E-state index contributed by atoms with van der Waals surface area (Å²) >= 11 is 1.91. The monoisotopic (exact) mass is 693 g/mol. The minimum absolute atomic E-state index is 0.0262. The number of nitrogens with zero attached hydrogens (tertiary/aromatic N) is 1. The molecule has 0 radical (unpaired) electrons. The number of thiophene rings is 1. The fraction of sp³-hybridized carbons (Fsp3) is 0.0588. The third-order valence-corrected chi connectivity index (χ3v) is 12.8. The van der Waals surface area contributed by atoms with Crippen LogP contribution in [0.15, 0.2) is 176 Å². The summed E-state index contributed by atoms with van der Waals surface area (Å²) in [5.74, 6) is 0. The molecule has 0 aliphatic heterocycles. The van der Waals surface area contributed by atoms with Crippen LogP contribution >= 0.6 is 11.3 Å².